The SMILES string of the molecule is Cc1ccc(OC(=O)c2ccccc2-c2ccc(C=O)o2)cc1. The number of ether oxygens (including phenoxy) is 1. The van der Waals surface area contributed by atoms with E-state index in [0.29, 0.717) is 28.9 Å². The van der Waals surface area contributed by atoms with Gasteiger partial charge in [0.05, 0.1) is 5.56 Å². The minimum Gasteiger partial charge on any atom is -0.453 e. The van der Waals surface area contributed by atoms with E-state index < -0.39 is 5.97 Å². The van der Waals surface area contributed by atoms with Gasteiger partial charge in [0.2, 0.25) is 0 Å². The van der Waals surface area contributed by atoms with Crippen molar-refractivity contribution < 1.29 is 18.7 Å². The number of benzene rings is 2. The molecular formula is C19H14O4. The molecule has 0 N–H and O–H groups in total. The summed E-state index contributed by atoms with van der Waals surface area (Å²) in [5.74, 6) is 0.655. The predicted molar refractivity (Wildman–Crippen MR) is 85.7 cm³/mol. The molecule has 0 aliphatic carbocycles. The van der Waals surface area contributed by atoms with Crippen molar-refractivity contribution in [3.63, 3.8) is 0 Å². The van der Waals surface area contributed by atoms with Gasteiger partial charge in [0.25, 0.3) is 0 Å². The van der Waals surface area contributed by atoms with Crippen molar-refractivity contribution in [2.45, 2.75) is 6.92 Å². The van der Waals surface area contributed by atoms with Gasteiger partial charge in [0.1, 0.15) is 11.5 Å². The molecule has 0 bridgehead atoms. The summed E-state index contributed by atoms with van der Waals surface area (Å²) in [5, 5.41) is 0. The molecular weight excluding hydrogens is 292 g/mol. The van der Waals surface area contributed by atoms with Gasteiger partial charge >= 0.3 is 5.97 Å². The molecule has 0 saturated heterocycles. The van der Waals surface area contributed by atoms with Crippen LogP contribution in [-0.2, 0) is 0 Å². The van der Waals surface area contributed by atoms with Crippen LogP contribution in [0.5, 0.6) is 5.75 Å². The molecule has 2 aromatic carbocycles. The van der Waals surface area contributed by atoms with Crippen LogP contribution in [0, 0.1) is 6.92 Å². The smallest absolute Gasteiger partial charge is 0.344 e. The van der Waals surface area contributed by atoms with Gasteiger partial charge in [-0.15, -0.1) is 0 Å². The zero-order valence-electron chi connectivity index (χ0n) is 12.5. The van der Waals surface area contributed by atoms with E-state index in [0.717, 1.165) is 5.56 Å². The Balaban J connectivity index is 1.91. The number of carbonyl (C=O) groups excluding carboxylic acids is 2. The van der Waals surface area contributed by atoms with E-state index in [1.165, 1.54) is 0 Å². The third-order valence-electron chi connectivity index (χ3n) is 3.39. The third kappa shape index (κ3) is 3.21. The van der Waals surface area contributed by atoms with Crippen molar-refractivity contribution >= 4 is 12.3 Å². The Morgan fingerprint density at radius 1 is 1.00 bits per heavy atom. The molecule has 0 atom stereocenters. The molecule has 0 unspecified atom stereocenters. The predicted octanol–water partition coefficient (Wildman–Crippen LogP) is 4.29. The average molecular weight is 306 g/mol. The lowest BCUT2D eigenvalue weighted by molar-refractivity contribution is 0.0735. The first-order valence-electron chi connectivity index (χ1n) is 7.10. The number of aldehydes is 1. The van der Waals surface area contributed by atoms with E-state index in [-0.39, 0.29) is 5.76 Å². The Hall–Kier alpha value is -3.14. The first kappa shape index (κ1) is 14.8. The number of aryl methyl sites for hydroxylation is 1. The molecule has 114 valence electrons. The summed E-state index contributed by atoms with van der Waals surface area (Å²) < 4.78 is 10.8. The van der Waals surface area contributed by atoms with Gasteiger partial charge in [-0.25, -0.2) is 4.79 Å². The van der Waals surface area contributed by atoms with Crippen LogP contribution in [0.4, 0.5) is 0 Å². The molecule has 0 amide bonds. The molecule has 1 heterocycles. The summed E-state index contributed by atoms with van der Waals surface area (Å²) in [4.78, 5) is 23.2. The molecule has 4 nitrogen and oxygen atoms in total. The summed E-state index contributed by atoms with van der Waals surface area (Å²) in [6.07, 6.45) is 0.622. The minimum absolute atomic E-state index is 0.210. The van der Waals surface area contributed by atoms with Crippen LogP contribution >= 0.6 is 0 Å². The summed E-state index contributed by atoms with van der Waals surface area (Å²) in [5.41, 5.74) is 2.04. The van der Waals surface area contributed by atoms with E-state index in [4.69, 9.17) is 9.15 Å². The molecule has 0 spiro atoms. The molecule has 3 aromatic rings. The van der Waals surface area contributed by atoms with Gasteiger partial charge in [-0.1, -0.05) is 35.9 Å². The summed E-state index contributed by atoms with van der Waals surface area (Å²) in [7, 11) is 0. The van der Waals surface area contributed by atoms with Crippen molar-refractivity contribution in [2.75, 3.05) is 0 Å². The Labute approximate surface area is 133 Å². The van der Waals surface area contributed by atoms with Crippen molar-refractivity contribution in [3.8, 4) is 17.1 Å². The highest BCUT2D eigenvalue weighted by Gasteiger charge is 2.17. The standard InChI is InChI=1S/C19H14O4/c1-13-6-8-14(9-7-13)23-19(21)17-5-3-2-4-16(17)18-11-10-15(12-20)22-18/h2-12H,1H3. The zero-order valence-corrected chi connectivity index (χ0v) is 12.5. The largest absolute Gasteiger partial charge is 0.453 e. The van der Waals surface area contributed by atoms with Crippen LogP contribution < -0.4 is 4.74 Å². The first-order chi connectivity index (χ1) is 11.2. The quantitative estimate of drug-likeness (QED) is 0.410. The van der Waals surface area contributed by atoms with Gasteiger partial charge in [-0.3, -0.25) is 4.79 Å². The van der Waals surface area contributed by atoms with Gasteiger partial charge in [0, 0.05) is 5.56 Å². The minimum atomic E-state index is -0.478. The maximum absolute atomic E-state index is 12.4. The Morgan fingerprint density at radius 2 is 1.74 bits per heavy atom. The second-order valence-corrected chi connectivity index (χ2v) is 5.07. The van der Waals surface area contributed by atoms with Crippen molar-refractivity contribution in [1.29, 1.82) is 0 Å². The Bertz CT molecular complexity index is 844. The molecule has 0 fully saturated rings. The average Bonchev–Trinajstić information content (AvgIpc) is 3.06. The van der Waals surface area contributed by atoms with Crippen molar-refractivity contribution in [3.05, 3.63) is 77.6 Å². The van der Waals surface area contributed by atoms with E-state index in [1.54, 1.807) is 48.5 Å². The molecule has 0 aliphatic heterocycles. The topological polar surface area (TPSA) is 56.5 Å². The molecule has 0 aliphatic rings. The Kier molecular flexibility index (Phi) is 4.06. The van der Waals surface area contributed by atoms with Crippen LogP contribution in [-0.4, -0.2) is 12.3 Å². The monoisotopic (exact) mass is 306 g/mol. The Morgan fingerprint density at radius 3 is 2.43 bits per heavy atom. The number of rotatable bonds is 4. The molecule has 0 radical (unpaired) electrons. The van der Waals surface area contributed by atoms with E-state index >= 15 is 0 Å². The van der Waals surface area contributed by atoms with Gasteiger partial charge < -0.3 is 9.15 Å². The summed E-state index contributed by atoms with van der Waals surface area (Å²) >= 11 is 0. The lowest BCUT2D eigenvalue weighted by Gasteiger charge is -2.08. The molecule has 1 aromatic heterocycles. The summed E-state index contributed by atoms with van der Waals surface area (Å²) in [6, 6.07) is 17.4. The molecule has 23 heavy (non-hydrogen) atoms. The van der Waals surface area contributed by atoms with Crippen LogP contribution in [0.15, 0.2) is 65.1 Å². The summed E-state index contributed by atoms with van der Waals surface area (Å²) in [6.45, 7) is 1.96. The molecule has 0 saturated carbocycles. The fourth-order valence-electron chi connectivity index (χ4n) is 2.21. The second kappa shape index (κ2) is 6.32. The zero-order chi connectivity index (χ0) is 16.2. The highest BCUT2D eigenvalue weighted by atomic mass is 16.5. The van der Waals surface area contributed by atoms with Crippen LogP contribution in [0.3, 0.4) is 0 Å². The number of hydrogen-bond acceptors (Lipinski definition) is 4. The van der Waals surface area contributed by atoms with Crippen LogP contribution in [0.2, 0.25) is 0 Å². The van der Waals surface area contributed by atoms with Crippen molar-refractivity contribution in [1.82, 2.24) is 0 Å². The van der Waals surface area contributed by atoms with Gasteiger partial charge in [-0.05, 0) is 37.3 Å². The lowest BCUT2D eigenvalue weighted by atomic mass is 10.1. The lowest BCUT2D eigenvalue weighted by Crippen LogP contribution is -2.09. The van der Waals surface area contributed by atoms with Crippen LogP contribution in [0.25, 0.3) is 11.3 Å². The van der Waals surface area contributed by atoms with E-state index in [9.17, 15) is 9.59 Å². The normalized spacial score (nSPS) is 10.3. The van der Waals surface area contributed by atoms with Crippen molar-refractivity contribution in [2.24, 2.45) is 0 Å². The highest BCUT2D eigenvalue weighted by molar-refractivity contribution is 5.97. The number of hydrogen-bond donors (Lipinski definition) is 0. The maximum atomic E-state index is 12.4. The van der Waals surface area contributed by atoms with E-state index in [2.05, 4.69) is 0 Å². The fourth-order valence-corrected chi connectivity index (χ4v) is 2.21. The van der Waals surface area contributed by atoms with Gasteiger partial charge in [0.15, 0.2) is 12.0 Å². The number of furan rings is 1. The van der Waals surface area contributed by atoms with Crippen LogP contribution in [0.1, 0.15) is 26.5 Å². The highest BCUT2D eigenvalue weighted by Crippen LogP contribution is 2.26. The molecule has 3 rings (SSSR count). The second-order valence-electron chi connectivity index (χ2n) is 5.07. The number of carbonyl (C=O) groups is 2. The first-order valence-corrected chi connectivity index (χ1v) is 7.10. The maximum Gasteiger partial charge on any atom is 0.344 e. The number of esters is 1. The third-order valence-corrected chi connectivity index (χ3v) is 3.39. The fraction of sp³-hybridized carbons (Fsp3) is 0.0526. The molecule has 4 heteroatoms. The van der Waals surface area contributed by atoms with Gasteiger partial charge in [-0.2, -0.15) is 0 Å². The van der Waals surface area contributed by atoms with E-state index in [1.807, 2.05) is 19.1 Å².